The van der Waals surface area contributed by atoms with Crippen LogP contribution in [0.4, 0.5) is 0 Å². The molecule has 0 radical (unpaired) electrons. The second kappa shape index (κ2) is 5.74. The van der Waals surface area contributed by atoms with E-state index in [1.54, 1.807) is 0 Å². The number of nitrogens with one attached hydrogen (secondary N) is 1. The zero-order chi connectivity index (χ0) is 12.2. The summed E-state index contributed by atoms with van der Waals surface area (Å²) in [5.74, 6) is 1.61. The Kier molecular flexibility index (Phi) is 3.84. The number of rotatable bonds is 4. The van der Waals surface area contributed by atoms with Crippen molar-refractivity contribution < 1.29 is 4.74 Å². The summed E-state index contributed by atoms with van der Waals surface area (Å²) in [6.07, 6.45) is 11.8. The lowest BCUT2D eigenvalue weighted by Gasteiger charge is -2.21. The van der Waals surface area contributed by atoms with Crippen molar-refractivity contribution in [3.05, 3.63) is 12.4 Å². The first-order valence-corrected chi connectivity index (χ1v) is 7.29. The van der Waals surface area contributed by atoms with E-state index in [-0.39, 0.29) is 0 Å². The van der Waals surface area contributed by atoms with Crippen LogP contribution in [0.15, 0.2) is 12.4 Å². The van der Waals surface area contributed by atoms with E-state index in [1.165, 1.54) is 38.5 Å². The molecule has 4 nitrogen and oxygen atoms in total. The minimum Gasteiger partial charge on any atom is -0.490 e. The highest BCUT2D eigenvalue weighted by atomic mass is 16.5. The van der Waals surface area contributed by atoms with E-state index in [2.05, 4.69) is 21.3 Å². The highest BCUT2D eigenvalue weighted by Crippen LogP contribution is 2.28. The standard InChI is InChI=1S/C14H23N3O/c1-2-4-13(5-3-1)17-10-14(9-16-17)18-11-12-6-7-15-8-12/h9-10,12-13,15H,1-8,11H2. The van der Waals surface area contributed by atoms with Gasteiger partial charge < -0.3 is 10.1 Å². The molecule has 18 heavy (non-hydrogen) atoms. The maximum Gasteiger partial charge on any atom is 0.157 e. The average molecular weight is 249 g/mol. The Morgan fingerprint density at radius 1 is 1.28 bits per heavy atom. The zero-order valence-corrected chi connectivity index (χ0v) is 11.0. The van der Waals surface area contributed by atoms with E-state index in [0.717, 1.165) is 25.4 Å². The molecule has 1 N–H and O–H groups in total. The van der Waals surface area contributed by atoms with Crippen molar-refractivity contribution in [2.75, 3.05) is 19.7 Å². The van der Waals surface area contributed by atoms with Crippen LogP contribution in [0.3, 0.4) is 0 Å². The first kappa shape index (κ1) is 12.0. The second-order valence-corrected chi connectivity index (χ2v) is 5.62. The Labute approximate surface area is 109 Å². The van der Waals surface area contributed by atoms with E-state index in [9.17, 15) is 0 Å². The molecule has 1 aliphatic carbocycles. The first-order valence-electron chi connectivity index (χ1n) is 7.29. The second-order valence-electron chi connectivity index (χ2n) is 5.62. The van der Waals surface area contributed by atoms with Crippen LogP contribution in [0.2, 0.25) is 0 Å². The maximum absolute atomic E-state index is 5.84. The molecule has 1 aromatic rings. The lowest BCUT2D eigenvalue weighted by atomic mass is 9.96. The van der Waals surface area contributed by atoms with Gasteiger partial charge in [0.2, 0.25) is 0 Å². The topological polar surface area (TPSA) is 39.1 Å². The molecule has 1 aliphatic heterocycles. The van der Waals surface area contributed by atoms with Crippen molar-refractivity contribution >= 4 is 0 Å². The van der Waals surface area contributed by atoms with Crippen LogP contribution in [0.1, 0.15) is 44.6 Å². The molecule has 0 aromatic carbocycles. The molecule has 1 unspecified atom stereocenters. The summed E-state index contributed by atoms with van der Waals surface area (Å²) >= 11 is 0. The van der Waals surface area contributed by atoms with Gasteiger partial charge in [0.25, 0.3) is 0 Å². The molecule has 1 saturated carbocycles. The van der Waals surface area contributed by atoms with Crippen molar-refractivity contribution in [2.45, 2.75) is 44.6 Å². The van der Waals surface area contributed by atoms with Crippen molar-refractivity contribution in [3.8, 4) is 5.75 Å². The van der Waals surface area contributed by atoms with Crippen molar-refractivity contribution in [2.24, 2.45) is 5.92 Å². The van der Waals surface area contributed by atoms with Gasteiger partial charge in [0.05, 0.1) is 25.0 Å². The quantitative estimate of drug-likeness (QED) is 0.890. The average Bonchev–Trinajstić information content (AvgIpc) is 3.09. The van der Waals surface area contributed by atoms with Crippen molar-refractivity contribution in [1.29, 1.82) is 0 Å². The highest BCUT2D eigenvalue weighted by molar-refractivity contribution is 5.12. The van der Waals surface area contributed by atoms with E-state index in [0.29, 0.717) is 12.0 Å². The van der Waals surface area contributed by atoms with Crippen LogP contribution in [-0.2, 0) is 0 Å². The number of hydrogen-bond donors (Lipinski definition) is 1. The summed E-state index contributed by atoms with van der Waals surface area (Å²) in [5.41, 5.74) is 0. The predicted molar refractivity (Wildman–Crippen MR) is 70.8 cm³/mol. The van der Waals surface area contributed by atoms with Gasteiger partial charge >= 0.3 is 0 Å². The molecule has 1 atom stereocenters. The Balaban J connectivity index is 1.52. The van der Waals surface area contributed by atoms with E-state index < -0.39 is 0 Å². The van der Waals surface area contributed by atoms with Gasteiger partial charge in [-0.05, 0) is 25.8 Å². The molecule has 0 spiro atoms. The summed E-state index contributed by atoms with van der Waals surface area (Å²) in [5, 5.41) is 7.83. The van der Waals surface area contributed by atoms with E-state index in [1.807, 2.05) is 6.20 Å². The Hall–Kier alpha value is -1.03. The minimum atomic E-state index is 0.601. The van der Waals surface area contributed by atoms with Crippen LogP contribution in [0.25, 0.3) is 0 Å². The third-order valence-corrected chi connectivity index (χ3v) is 4.17. The number of aromatic nitrogens is 2. The summed E-state index contributed by atoms with van der Waals surface area (Å²) in [7, 11) is 0. The number of nitrogens with zero attached hydrogens (tertiary/aromatic N) is 2. The van der Waals surface area contributed by atoms with Gasteiger partial charge in [0.15, 0.2) is 5.75 Å². The lowest BCUT2D eigenvalue weighted by molar-refractivity contribution is 0.258. The molecule has 1 aromatic heterocycles. The summed E-state index contributed by atoms with van der Waals surface area (Å²) in [4.78, 5) is 0. The van der Waals surface area contributed by atoms with Crippen LogP contribution in [0, 0.1) is 5.92 Å². The Bertz CT molecular complexity index is 365. The lowest BCUT2D eigenvalue weighted by Crippen LogP contribution is -2.15. The van der Waals surface area contributed by atoms with Gasteiger partial charge in [-0.15, -0.1) is 0 Å². The molecule has 2 heterocycles. The van der Waals surface area contributed by atoms with Crippen LogP contribution in [-0.4, -0.2) is 29.5 Å². The zero-order valence-electron chi connectivity index (χ0n) is 11.0. The van der Waals surface area contributed by atoms with Crippen molar-refractivity contribution in [3.63, 3.8) is 0 Å². The molecule has 100 valence electrons. The fourth-order valence-electron chi connectivity index (χ4n) is 3.01. The third kappa shape index (κ3) is 2.86. The van der Waals surface area contributed by atoms with E-state index in [4.69, 9.17) is 4.74 Å². The highest BCUT2D eigenvalue weighted by Gasteiger charge is 2.18. The van der Waals surface area contributed by atoms with Gasteiger partial charge in [0, 0.05) is 12.5 Å². The van der Waals surface area contributed by atoms with Gasteiger partial charge in [-0.2, -0.15) is 5.10 Å². The predicted octanol–water partition coefficient (Wildman–Crippen LogP) is 2.38. The molecular formula is C14H23N3O. The SMILES string of the molecule is c1nn(C2CCCCC2)cc1OCC1CCNC1. The van der Waals surface area contributed by atoms with Gasteiger partial charge in [-0.25, -0.2) is 0 Å². The van der Waals surface area contributed by atoms with Gasteiger partial charge in [-0.1, -0.05) is 19.3 Å². The monoisotopic (exact) mass is 249 g/mol. The van der Waals surface area contributed by atoms with E-state index >= 15 is 0 Å². The van der Waals surface area contributed by atoms with Gasteiger partial charge in [0.1, 0.15) is 0 Å². The Morgan fingerprint density at radius 3 is 2.94 bits per heavy atom. The molecule has 2 aliphatic rings. The molecule has 3 rings (SSSR count). The number of ether oxygens (including phenoxy) is 1. The molecular weight excluding hydrogens is 226 g/mol. The summed E-state index contributed by atoms with van der Waals surface area (Å²) in [6.45, 7) is 3.05. The minimum absolute atomic E-state index is 0.601. The van der Waals surface area contributed by atoms with Crippen LogP contribution >= 0.6 is 0 Å². The molecule has 4 heteroatoms. The molecule has 1 saturated heterocycles. The molecule has 0 bridgehead atoms. The first-order chi connectivity index (χ1) is 8.92. The molecule has 2 fully saturated rings. The largest absolute Gasteiger partial charge is 0.490 e. The van der Waals surface area contributed by atoms with Crippen LogP contribution in [0.5, 0.6) is 5.75 Å². The third-order valence-electron chi connectivity index (χ3n) is 4.17. The normalized spacial score (nSPS) is 25.4. The summed E-state index contributed by atoms with van der Waals surface area (Å²) < 4.78 is 7.95. The van der Waals surface area contributed by atoms with Crippen LogP contribution < -0.4 is 10.1 Å². The number of hydrogen-bond acceptors (Lipinski definition) is 3. The summed E-state index contributed by atoms with van der Waals surface area (Å²) in [6, 6.07) is 0.601. The maximum atomic E-state index is 5.84. The van der Waals surface area contributed by atoms with Gasteiger partial charge in [-0.3, -0.25) is 4.68 Å². The Morgan fingerprint density at radius 2 is 2.17 bits per heavy atom. The van der Waals surface area contributed by atoms with Crippen molar-refractivity contribution in [1.82, 2.24) is 15.1 Å². The fourth-order valence-corrected chi connectivity index (χ4v) is 3.01. The smallest absolute Gasteiger partial charge is 0.157 e. The fraction of sp³-hybridized carbons (Fsp3) is 0.786. The molecule has 0 amide bonds.